The highest BCUT2D eigenvalue weighted by Crippen LogP contribution is 2.33. The zero-order chi connectivity index (χ0) is 20.4. The first-order valence-corrected chi connectivity index (χ1v) is 9.48. The van der Waals surface area contributed by atoms with E-state index in [4.69, 9.17) is 4.74 Å². The first kappa shape index (κ1) is 21.9. The summed E-state index contributed by atoms with van der Waals surface area (Å²) in [4.78, 5) is 23.3. The van der Waals surface area contributed by atoms with Gasteiger partial charge in [-0.3, -0.25) is 9.59 Å². The lowest BCUT2D eigenvalue weighted by molar-refractivity contribution is -0.140. The number of esters is 1. The number of aliphatic hydroxyl groups is 2. The van der Waals surface area contributed by atoms with E-state index in [2.05, 4.69) is 4.74 Å². The Morgan fingerprint density at radius 3 is 2.75 bits per heavy atom. The second-order valence-electron chi connectivity index (χ2n) is 6.82. The van der Waals surface area contributed by atoms with E-state index in [-0.39, 0.29) is 36.6 Å². The van der Waals surface area contributed by atoms with E-state index in [9.17, 15) is 19.8 Å². The first-order chi connectivity index (χ1) is 13.5. The van der Waals surface area contributed by atoms with Crippen LogP contribution in [0.4, 0.5) is 0 Å². The molecule has 2 rings (SSSR count). The summed E-state index contributed by atoms with van der Waals surface area (Å²) in [7, 11) is 1.35. The van der Waals surface area contributed by atoms with Crippen molar-refractivity contribution in [1.82, 2.24) is 0 Å². The average Bonchev–Trinajstić information content (AvgIpc) is 2.97. The maximum atomic E-state index is 12.2. The Hall–Kier alpha value is -2.44. The molecule has 28 heavy (non-hydrogen) atoms. The standard InChI is InChI=1S/C22H28O6/c1-27-22(26)11-7-3-6-10-18-19(21(25)14-20(18)24)13-12-16(23)15-28-17-8-4-2-5-9-17/h2-6,8-9,12-13,16,18-19,21,23,25H,7,10-11,14-15H2,1H3/t16-,18-,19-,21-/m1/s1. The second-order valence-corrected chi connectivity index (χ2v) is 6.82. The van der Waals surface area contributed by atoms with Crippen molar-refractivity contribution in [2.45, 2.75) is 37.9 Å². The fraction of sp³-hybridized carbons (Fsp3) is 0.455. The van der Waals surface area contributed by atoms with Crippen molar-refractivity contribution in [3.63, 3.8) is 0 Å². The molecule has 1 aromatic carbocycles. The van der Waals surface area contributed by atoms with Gasteiger partial charge in [0.25, 0.3) is 0 Å². The van der Waals surface area contributed by atoms with Gasteiger partial charge < -0.3 is 19.7 Å². The van der Waals surface area contributed by atoms with Crippen molar-refractivity contribution in [1.29, 1.82) is 0 Å². The molecule has 0 aliphatic heterocycles. The van der Waals surface area contributed by atoms with Gasteiger partial charge in [-0.05, 0) is 25.0 Å². The van der Waals surface area contributed by atoms with Crippen LogP contribution in [0.3, 0.4) is 0 Å². The van der Waals surface area contributed by atoms with E-state index in [0.29, 0.717) is 25.0 Å². The molecule has 6 heteroatoms. The van der Waals surface area contributed by atoms with Gasteiger partial charge in [-0.25, -0.2) is 0 Å². The smallest absolute Gasteiger partial charge is 0.305 e. The molecule has 6 nitrogen and oxygen atoms in total. The predicted molar refractivity (Wildman–Crippen MR) is 105 cm³/mol. The van der Waals surface area contributed by atoms with Crippen LogP contribution in [0.1, 0.15) is 25.7 Å². The molecule has 1 saturated carbocycles. The lowest BCUT2D eigenvalue weighted by Crippen LogP contribution is -2.20. The van der Waals surface area contributed by atoms with E-state index in [1.54, 1.807) is 24.3 Å². The highest BCUT2D eigenvalue weighted by Gasteiger charge is 2.39. The van der Waals surface area contributed by atoms with Crippen LogP contribution in [0.25, 0.3) is 0 Å². The Morgan fingerprint density at radius 2 is 2.04 bits per heavy atom. The molecule has 1 fully saturated rings. The number of para-hydroxylation sites is 1. The molecule has 1 aromatic rings. The molecule has 4 atom stereocenters. The summed E-state index contributed by atoms with van der Waals surface area (Å²) in [5.74, 6) is -0.271. The number of ketones is 1. The van der Waals surface area contributed by atoms with Crippen LogP contribution in [0.15, 0.2) is 54.6 Å². The van der Waals surface area contributed by atoms with Crippen molar-refractivity contribution in [2.24, 2.45) is 11.8 Å². The molecular weight excluding hydrogens is 360 g/mol. The number of methoxy groups -OCH3 is 1. The van der Waals surface area contributed by atoms with Gasteiger partial charge in [-0.1, -0.05) is 42.5 Å². The number of benzene rings is 1. The van der Waals surface area contributed by atoms with Gasteiger partial charge in [0.05, 0.1) is 13.2 Å². The molecule has 152 valence electrons. The Balaban J connectivity index is 1.84. The van der Waals surface area contributed by atoms with Gasteiger partial charge in [0, 0.05) is 24.7 Å². The summed E-state index contributed by atoms with van der Waals surface area (Å²) in [5, 5.41) is 20.3. The van der Waals surface area contributed by atoms with Crippen molar-refractivity contribution in [3.05, 3.63) is 54.6 Å². The third-order valence-corrected chi connectivity index (χ3v) is 4.75. The van der Waals surface area contributed by atoms with Gasteiger partial charge in [0.1, 0.15) is 24.2 Å². The lowest BCUT2D eigenvalue weighted by Gasteiger charge is -2.17. The quantitative estimate of drug-likeness (QED) is 0.472. The molecule has 0 bridgehead atoms. The number of carbonyl (C=O) groups excluding carboxylic acids is 2. The molecule has 0 saturated heterocycles. The Kier molecular flexibility index (Phi) is 8.91. The lowest BCUT2D eigenvalue weighted by atomic mass is 9.90. The minimum absolute atomic E-state index is 0.00907. The molecule has 0 spiro atoms. The summed E-state index contributed by atoms with van der Waals surface area (Å²) in [5.41, 5.74) is 0. The number of hydrogen-bond donors (Lipinski definition) is 2. The van der Waals surface area contributed by atoms with Gasteiger partial charge in [0.2, 0.25) is 0 Å². The fourth-order valence-corrected chi connectivity index (χ4v) is 3.20. The second kappa shape index (κ2) is 11.4. The number of aliphatic hydroxyl groups excluding tert-OH is 2. The SMILES string of the molecule is COC(=O)CCC=CC[C@H]1C(=O)C[C@@H](O)[C@@H]1C=C[C@@H](O)COc1ccccc1. The fourth-order valence-electron chi connectivity index (χ4n) is 3.20. The number of Topliss-reactive ketones (excluding diaryl/α,β-unsaturated/α-hetero) is 1. The summed E-state index contributed by atoms with van der Waals surface area (Å²) in [6.45, 7) is 0.0926. The van der Waals surface area contributed by atoms with E-state index in [1.807, 2.05) is 30.4 Å². The van der Waals surface area contributed by atoms with E-state index in [1.165, 1.54) is 7.11 Å². The summed E-state index contributed by atoms with van der Waals surface area (Å²) >= 11 is 0. The number of ether oxygens (including phenoxy) is 2. The molecule has 2 N–H and O–H groups in total. The maximum absolute atomic E-state index is 12.2. The highest BCUT2D eigenvalue weighted by atomic mass is 16.5. The largest absolute Gasteiger partial charge is 0.491 e. The zero-order valence-electron chi connectivity index (χ0n) is 16.1. The third-order valence-electron chi connectivity index (χ3n) is 4.75. The molecule has 0 radical (unpaired) electrons. The van der Waals surface area contributed by atoms with Crippen molar-refractivity contribution >= 4 is 11.8 Å². The van der Waals surface area contributed by atoms with Gasteiger partial charge in [-0.15, -0.1) is 0 Å². The molecule has 0 amide bonds. The molecule has 1 aliphatic carbocycles. The Labute approximate surface area is 165 Å². The van der Waals surface area contributed by atoms with Crippen LogP contribution in [0.5, 0.6) is 5.75 Å². The minimum atomic E-state index is -0.834. The Bertz CT molecular complexity index is 682. The third kappa shape index (κ3) is 6.94. The monoisotopic (exact) mass is 388 g/mol. The van der Waals surface area contributed by atoms with Gasteiger partial charge >= 0.3 is 5.97 Å². The average molecular weight is 388 g/mol. The summed E-state index contributed by atoms with van der Waals surface area (Å²) in [6, 6.07) is 9.19. The van der Waals surface area contributed by atoms with Gasteiger partial charge in [0.15, 0.2) is 0 Å². The highest BCUT2D eigenvalue weighted by molar-refractivity contribution is 5.84. The van der Waals surface area contributed by atoms with Crippen LogP contribution in [-0.4, -0.2) is 47.9 Å². The normalized spacial score (nSPS) is 23.4. The minimum Gasteiger partial charge on any atom is -0.491 e. The van der Waals surface area contributed by atoms with E-state index in [0.717, 1.165) is 0 Å². The van der Waals surface area contributed by atoms with E-state index < -0.39 is 12.2 Å². The molecular formula is C22H28O6. The maximum Gasteiger partial charge on any atom is 0.305 e. The molecule has 1 aliphatic rings. The van der Waals surface area contributed by atoms with Crippen LogP contribution >= 0.6 is 0 Å². The summed E-state index contributed by atoms with van der Waals surface area (Å²) in [6.07, 6.45) is 6.85. The number of allylic oxidation sites excluding steroid dienone is 2. The molecule has 0 unspecified atom stereocenters. The number of hydrogen-bond acceptors (Lipinski definition) is 6. The zero-order valence-corrected chi connectivity index (χ0v) is 16.1. The molecule has 0 aromatic heterocycles. The van der Waals surface area contributed by atoms with Crippen LogP contribution in [0, 0.1) is 11.8 Å². The Morgan fingerprint density at radius 1 is 1.29 bits per heavy atom. The van der Waals surface area contributed by atoms with E-state index >= 15 is 0 Å². The molecule has 0 heterocycles. The topological polar surface area (TPSA) is 93.1 Å². The van der Waals surface area contributed by atoms with Crippen molar-refractivity contribution in [2.75, 3.05) is 13.7 Å². The van der Waals surface area contributed by atoms with Crippen LogP contribution in [0.2, 0.25) is 0 Å². The van der Waals surface area contributed by atoms with Crippen LogP contribution in [-0.2, 0) is 14.3 Å². The van der Waals surface area contributed by atoms with Crippen molar-refractivity contribution in [3.8, 4) is 5.75 Å². The number of rotatable bonds is 10. The van der Waals surface area contributed by atoms with Gasteiger partial charge in [-0.2, -0.15) is 0 Å². The first-order valence-electron chi connectivity index (χ1n) is 9.48. The van der Waals surface area contributed by atoms with Crippen LogP contribution < -0.4 is 4.74 Å². The predicted octanol–water partition coefficient (Wildman–Crippen LogP) is 2.45. The summed E-state index contributed by atoms with van der Waals surface area (Å²) < 4.78 is 10.1. The number of carbonyl (C=O) groups is 2. The van der Waals surface area contributed by atoms with Crippen molar-refractivity contribution < 1.29 is 29.3 Å².